The fourth-order valence-electron chi connectivity index (χ4n) is 3.48. The van der Waals surface area contributed by atoms with Gasteiger partial charge in [0.05, 0.1) is 38.4 Å². The molecule has 0 saturated carbocycles. The van der Waals surface area contributed by atoms with Crippen LogP contribution in [0.25, 0.3) is 0 Å². The molecule has 3 rings (SSSR count). The zero-order valence-electron chi connectivity index (χ0n) is 17.3. The number of nitrogens with zero attached hydrogens (tertiary/aromatic N) is 3. The molecular formula is C21H25N3O6. The summed E-state index contributed by atoms with van der Waals surface area (Å²) in [5, 5.41) is 11.6. The smallest absolute Gasteiger partial charge is 0.286 e. The topological polar surface area (TPSA) is 94.4 Å². The van der Waals surface area contributed by atoms with Crippen LogP contribution in [0.15, 0.2) is 36.4 Å². The summed E-state index contributed by atoms with van der Waals surface area (Å²) in [6, 6.07) is 10.4. The lowest BCUT2D eigenvalue weighted by molar-refractivity contribution is -0.385. The van der Waals surface area contributed by atoms with Gasteiger partial charge in [0.1, 0.15) is 5.56 Å². The van der Waals surface area contributed by atoms with Crippen LogP contribution in [0.2, 0.25) is 0 Å². The van der Waals surface area contributed by atoms with Crippen LogP contribution >= 0.6 is 0 Å². The number of carbonyl (C=O) groups is 1. The molecule has 9 heteroatoms. The van der Waals surface area contributed by atoms with Gasteiger partial charge >= 0.3 is 0 Å². The predicted molar refractivity (Wildman–Crippen MR) is 111 cm³/mol. The highest BCUT2D eigenvalue weighted by molar-refractivity contribution is 5.99. The summed E-state index contributed by atoms with van der Waals surface area (Å²) in [5.41, 5.74) is 1.61. The Labute approximate surface area is 174 Å². The van der Waals surface area contributed by atoms with Gasteiger partial charge in [-0.15, -0.1) is 0 Å². The molecule has 1 amide bonds. The Morgan fingerprint density at radius 1 is 1.17 bits per heavy atom. The van der Waals surface area contributed by atoms with Gasteiger partial charge in [0.25, 0.3) is 11.6 Å². The molecule has 0 atom stereocenters. The number of hydrogen-bond acceptors (Lipinski definition) is 7. The van der Waals surface area contributed by atoms with Crippen molar-refractivity contribution < 1.29 is 23.9 Å². The number of rotatable bonds is 7. The summed E-state index contributed by atoms with van der Waals surface area (Å²) in [4.78, 5) is 27.8. The van der Waals surface area contributed by atoms with E-state index in [0.29, 0.717) is 19.8 Å². The average molecular weight is 415 g/mol. The van der Waals surface area contributed by atoms with Gasteiger partial charge in [-0.25, -0.2) is 0 Å². The van der Waals surface area contributed by atoms with Crippen molar-refractivity contribution in [2.45, 2.75) is 6.54 Å². The molecule has 1 aliphatic rings. The van der Waals surface area contributed by atoms with Gasteiger partial charge in [-0.3, -0.25) is 14.9 Å². The number of carbonyl (C=O) groups excluding carboxylic acids is 1. The highest BCUT2D eigenvalue weighted by atomic mass is 16.6. The lowest BCUT2D eigenvalue weighted by atomic mass is 10.1. The van der Waals surface area contributed by atoms with Crippen LogP contribution in [-0.2, 0) is 11.3 Å². The molecular weight excluding hydrogens is 390 g/mol. The van der Waals surface area contributed by atoms with Crippen molar-refractivity contribution in [1.29, 1.82) is 0 Å². The molecule has 0 N–H and O–H groups in total. The summed E-state index contributed by atoms with van der Waals surface area (Å²) in [7, 11) is 4.43. The van der Waals surface area contributed by atoms with E-state index in [2.05, 4.69) is 4.90 Å². The zero-order chi connectivity index (χ0) is 21.7. The van der Waals surface area contributed by atoms with E-state index in [-0.39, 0.29) is 22.7 Å². The highest BCUT2D eigenvalue weighted by Crippen LogP contribution is 2.35. The Kier molecular flexibility index (Phi) is 6.73. The van der Waals surface area contributed by atoms with Crippen LogP contribution in [0.3, 0.4) is 0 Å². The third-order valence-electron chi connectivity index (χ3n) is 5.03. The van der Waals surface area contributed by atoms with E-state index in [4.69, 9.17) is 14.2 Å². The minimum atomic E-state index is -0.593. The Bertz CT molecular complexity index is 927. The fraction of sp³-hybridized carbons (Fsp3) is 0.381. The highest BCUT2D eigenvalue weighted by Gasteiger charge is 2.27. The van der Waals surface area contributed by atoms with Crippen LogP contribution < -0.4 is 14.4 Å². The lowest BCUT2D eigenvalue weighted by Crippen LogP contribution is -2.37. The Balaban J connectivity index is 1.89. The molecule has 0 aromatic heterocycles. The molecule has 1 aliphatic heterocycles. The third kappa shape index (κ3) is 4.46. The van der Waals surface area contributed by atoms with Crippen molar-refractivity contribution in [2.24, 2.45) is 0 Å². The van der Waals surface area contributed by atoms with Crippen molar-refractivity contribution in [3.8, 4) is 11.5 Å². The SMILES string of the molecule is COc1cc(C(=O)N(C)Cc2ccccc2N2CCOCC2)c([N+](=O)[O-])cc1OC. The number of ether oxygens (including phenoxy) is 3. The second-order valence-corrected chi connectivity index (χ2v) is 6.87. The molecule has 0 unspecified atom stereocenters. The Hall–Kier alpha value is -3.33. The van der Waals surface area contributed by atoms with E-state index < -0.39 is 10.8 Å². The molecule has 160 valence electrons. The van der Waals surface area contributed by atoms with Crippen LogP contribution in [0.4, 0.5) is 11.4 Å². The van der Waals surface area contributed by atoms with Gasteiger partial charge < -0.3 is 24.0 Å². The monoisotopic (exact) mass is 415 g/mol. The second-order valence-electron chi connectivity index (χ2n) is 6.87. The number of para-hydroxylation sites is 1. The van der Waals surface area contributed by atoms with Gasteiger partial charge in [0, 0.05) is 38.4 Å². The van der Waals surface area contributed by atoms with Crippen molar-refractivity contribution >= 4 is 17.3 Å². The van der Waals surface area contributed by atoms with Gasteiger partial charge in [0.2, 0.25) is 0 Å². The molecule has 1 heterocycles. The van der Waals surface area contributed by atoms with Crippen LogP contribution in [0, 0.1) is 10.1 Å². The van der Waals surface area contributed by atoms with E-state index in [9.17, 15) is 14.9 Å². The van der Waals surface area contributed by atoms with E-state index in [1.165, 1.54) is 31.3 Å². The second kappa shape index (κ2) is 9.45. The van der Waals surface area contributed by atoms with Crippen LogP contribution in [-0.4, -0.2) is 63.3 Å². The van der Waals surface area contributed by atoms with Gasteiger partial charge in [-0.1, -0.05) is 18.2 Å². The number of methoxy groups -OCH3 is 2. The largest absolute Gasteiger partial charge is 0.493 e. The number of morpholine rings is 1. The van der Waals surface area contributed by atoms with Crippen LogP contribution in [0.1, 0.15) is 15.9 Å². The quantitative estimate of drug-likeness (QED) is 0.507. The molecule has 0 radical (unpaired) electrons. The first-order chi connectivity index (χ1) is 14.5. The average Bonchev–Trinajstić information content (AvgIpc) is 2.78. The number of amides is 1. The minimum absolute atomic E-state index is 0.0518. The van der Waals surface area contributed by atoms with Gasteiger partial charge in [-0.05, 0) is 11.6 Å². The fourth-order valence-corrected chi connectivity index (χ4v) is 3.48. The first kappa shape index (κ1) is 21.4. The molecule has 0 bridgehead atoms. The number of hydrogen-bond donors (Lipinski definition) is 0. The molecule has 2 aromatic carbocycles. The number of nitro benzene ring substituents is 1. The minimum Gasteiger partial charge on any atom is -0.493 e. The maximum atomic E-state index is 13.1. The van der Waals surface area contributed by atoms with E-state index in [1.54, 1.807) is 7.05 Å². The lowest BCUT2D eigenvalue weighted by Gasteiger charge is -2.31. The summed E-state index contributed by atoms with van der Waals surface area (Å²) in [5.74, 6) is -0.0194. The Morgan fingerprint density at radius 3 is 2.43 bits per heavy atom. The van der Waals surface area contributed by atoms with Gasteiger partial charge in [0.15, 0.2) is 11.5 Å². The van der Waals surface area contributed by atoms with E-state index in [0.717, 1.165) is 24.3 Å². The van der Waals surface area contributed by atoms with E-state index >= 15 is 0 Å². The molecule has 2 aromatic rings. The number of nitro groups is 1. The summed E-state index contributed by atoms with van der Waals surface area (Å²) in [6.45, 7) is 3.16. The maximum absolute atomic E-state index is 13.1. The normalized spacial score (nSPS) is 13.6. The summed E-state index contributed by atoms with van der Waals surface area (Å²) < 4.78 is 15.8. The zero-order valence-corrected chi connectivity index (χ0v) is 17.3. The maximum Gasteiger partial charge on any atom is 0.286 e. The third-order valence-corrected chi connectivity index (χ3v) is 5.03. The summed E-state index contributed by atoms with van der Waals surface area (Å²) in [6.07, 6.45) is 0. The predicted octanol–water partition coefficient (Wildman–Crippen LogP) is 2.72. The van der Waals surface area contributed by atoms with E-state index in [1.807, 2.05) is 24.3 Å². The first-order valence-electron chi connectivity index (χ1n) is 9.52. The molecule has 30 heavy (non-hydrogen) atoms. The standard InChI is InChI=1S/C21H25N3O6/c1-22(14-15-6-4-5-7-17(15)23-8-10-30-11-9-23)21(25)16-12-19(28-2)20(29-3)13-18(16)24(26)27/h4-7,12-13H,8-11,14H2,1-3H3. The van der Waals surface area contributed by atoms with Crippen LogP contribution in [0.5, 0.6) is 11.5 Å². The van der Waals surface area contributed by atoms with Crippen molar-refractivity contribution in [3.63, 3.8) is 0 Å². The van der Waals surface area contributed by atoms with Gasteiger partial charge in [-0.2, -0.15) is 0 Å². The number of benzene rings is 2. The molecule has 0 aliphatic carbocycles. The molecule has 1 saturated heterocycles. The van der Waals surface area contributed by atoms with Crippen molar-refractivity contribution in [2.75, 3.05) is 52.5 Å². The first-order valence-corrected chi connectivity index (χ1v) is 9.52. The van der Waals surface area contributed by atoms with Crippen molar-refractivity contribution in [3.05, 3.63) is 57.6 Å². The molecule has 0 spiro atoms. The molecule has 9 nitrogen and oxygen atoms in total. The Morgan fingerprint density at radius 2 is 1.80 bits per heavy atom. The number of anilines is 1. The summed E-state index contributed by atoms with van der Waals surface area (Å²) >= 11 is 0. The van der Waals surface area contributed by atoms with Crippen molar-refractivity contribution in [1.82, 2.24) is 4.90 Å². The molecule has 1 fully saturated rings.